The maximum Gasteiger partial charge on any atom is 0.219 e. The third-order valence-corrected chi connectivity index (χ3v) is 7.40. The van der Waals surface area contributed by atoms with Gasteiger partial charge in [0.05, 0.1) is 6.10 Å². The van der Waals surface area contributed by atoms with Crippen molar-refractivity contribution >= 4 is 5.91 Å². The van der Waals surface area contributed by atoms with Gasteiger partial charge in [-0.15, -0.1) is 0 Å². The van der Waals surface area contributed by atoms with Crippen LogP contribution in [0.2, 0.25) is 0 Å². The molecule has 0 unspecified atom stereocenters. The number of carbonyl (C=O) groups excluding carboxylic acids is 1. The van der Waals surface area contributed by atoms with Gasteiger partial charge < -0.3 is 10.1 Å². The summed E-state index contributed by atoms with van der Waals surface area (Å²) in [6.45, 7) is 6.84. The lowest BCUT2D eigenvalue weighted by Gasteiger charge is -2.53. The third kappa shape index (κ3) is 2.43. The van der Waals surface area contributed by atoms with E-state index in [0.29, 0.717) is 24.5 Å². The Bertz CT molecular complexity index is 735. The number of nitrogens with one attached hydrogen (secondary N) is 1. The predicted octanol–water partition coefficient (Wildman–Crippen LogP) is 4.37. The summed E-state index contributed by atoms with van der Waals surface area (Å²) in [6.07, 6.45) is 2.83. The molecular formula is C21H27F2NO2. The van der Waals surface area contributed by atoms with Crippen molar-refractivity contribution in [1.82, 2.24) is 5.32 Å². The van der Waals surface area contributed by atoms with Crippen LogP contribution in [-0.4, -0.2) is 18.6 Å². The molecule has 3 fully saturated rings. The van der Waals surface area contributed by atoms with Crippen LogP contribution in [0.1, 0.15) is 58.1 Å². The Morgan fingerprint density at radius 3 is 2.85 bits per heavy atom. The van der Waals surface area contributed by atoms with Crippen LogP contribution in [0.4, 0.5) is 8.78 Å². The average molecular weight is 363 g/mol. The first-order valence-electron chi connectivity index (χ1n) is 9.65. The lowest BCUT2D eigenvalue weighted by molar-refractivity contribution is -0.137. The van der Waals surface area contributed by atoms with E-state index in [-0.39, 0.29) is 28.7 Å². The molecule has 1 aliphatic heterocycles. The Hall–Kier alpha value is -1.49. The third-order valence-electron chi connectivity index (χ3n) is 7.40. The zero-order valence-corrected chi connectivity index (χ0v) is 15.6. The summed E-state index contributed by atoms with van der Waals surface area (Å²) in [6, 6.07) is 3.65. The van der Waals surface area contributed by atoms with Crippen molar-refractivity contribution in [2.24, 2.45) is 22.7 Å². The monoisotopic (exact) mass is 363 g/mol. The van der Waals surface area contributed by atoms with Crippen LogP contribution in [0.15, 0.2) is 18.2 Å². The Balaban J connectivity index is 1.73. The molecule has 0 aromatic heterocycles. The molecule has 142 valence electrons. The molecule has 1 heterocycles. The smallest absolute Gasteiger partial charge is 0.219 e. The van der Waals surface area contributed by atoms with Crippen LogP contribution in [0, 0.1) is 34.3 Å². The highest BCUT2D eigenvalue weighted by atomic mass is 19.1. The van der Waals surface area contributed by atoms with E-state index in [0.717, 1.165) is 25.3 Å². The SMILES string of the molecule is CCC(=O)N[C@H]1C(C)(C)[C@@H]2C[C@@H]3[C@@H](c4cc(F)ccc4F)OCC[C@@]31C2. The molecule has 1 amide bonds. The number of hydrogen-bond acceptors (Lipinski definition) is 2. The lowest BCUT2D eigenvalue weighted by atomic mass is 9.58. The molecule has 3 aliphatic rings. The molecule has 1 spiro atoms. The summed E-state index contributed by atoms with van der Waals surface area (Å²) in [5.74, 6) is -0.236. The van der Waals surface area contributed by atoms with E-state index in [2.05, 4.69) is 19.2 Å². The first kappa shape index (κ1) is 17.9. The molecule has 1 aromatic carbocycles. The molecule has 5 heteroatoms. The summed E-state index contributed by atoms with van der Waals surface area (Å²) < 4.78 is 34.2. The minimum atomic E-state index is -0.443. The highest BCUT2D eigenvalue weighted by Gasteiger charge is 2.68. The van der Waals surface area contributed by atoms with E-state index in [9.17, 15) is 13.6 Å². The number of benzene rings is 1. The van der Waals surface area contributed by atoms with E-state index < -0.39 is 17.7 Å². The molecule has 26 heavy (non-hydrogen) atoms. The second-order valence-electron chi connectivity index (χ2n) is 8.86. The van der Waals surface area contributed by atoms with E-state index in [4.69, 9.17) is 4.74 Å². The molecule has 1 aromatic rings. The van der Waals surface area contributed by atoms with Crippen molar-refractivity contribution in [1.29, 1.82) is 0 Å². The van der Waals surface area contributed by atoms with Crippen molar-refractivity contribution in [3.8, 4) is 0 Å². The van der Waals surface area contributed by atoms with Crippen molar-refractivity contribution in [3.05, 3.63) is 35.4 Å². The molecule has 2 aliphatic carbocycles. The van der Waals surface area contributed by atoms with Gasteiger partial charge in [-0.2, -0.15) is 0 Å². The van der Waals surface area contributed by atoms with Crippen LogP contribution < -0.4 is 5.32 Å². The van der Waals surface area contributed by atoms with Crippen LogP contribution in [0.25, 0.3) is 0 Å². The predicted molar refractivity (Wildman–Crippen MR) is 94.3 cm³/mol. The molecule has 2 bridgehead atoms. The maximum absolute atomic E-state index is 14.4. The van der Waals surface area contributed by atoms with Crippen molar-refractivity contribution in [2.45, 2.75) is 58.6 Å². The number of ether oxygens (including phenoxy) is 1. The molecule has 1 saturated heterocycles. The number of fused-ring (bicyclic) bond motifs is 1. The van der Waals surface area contributed by atoms with E-state index in [1.807, 2.05) is 6.92 Å². The topological polar surface area (TPSA) is 38.3 Å². The van der Waals surface area contributed by atoms with Crippen molar-refractivity contribution < 1.29 is 18.3 Å². The van der Waals surface area contributed by atoms with E-state index in [1.165, 1.54) is 12.1 Å². The summed E-state index contributed by atoms with van der Waals surface area (Å²) in [5.41, 5.74) is 0.227. The van der Waals surface area contributed by atoms with Gasteiger partial charge in [-0.25, -0.2) is 8.78 Å². The molecule has 4 rings (SSSR count). The minimum absolute atomic E-state index is 0.00367. The molecule has 5 atom stereocenters. The first-order chi connectivity index (χ1) is 12.3. The Kier molecular flexibility index (Phi) is 4.14. The Morgan fingerprint density at radius 1 is 1.35 bits per heavy atom. The van der Waals surface area contributed by atoms with Gasteiger partial charge in [-0.3, -0.25) is 4.79 Å². The fraction of sp³-hybridized carbons (Fsp3) is 0.667. The average Bonchev–Trinajstić information content (AvgIpc) is 3.09. The summed E-state index contributed by atoms with van der Waals surface area (Å²) >= 11 is 0. The number of hydrogen-bond donors (Lipinski definition) is 1. The van der Waals surface area contributed by atoms with E-state index >= 15 is 0 Å². The van der Waals surface area contributed by atoms with Gasteiger partial charge in [0.1, 0.15) is 11.6 Å². The zero-order chi connectivity index (χ0) is 18.7. The van der Waals surface area contributed by atoms with Crippen molar-refractivity contribution in [2.75, 3.05) is 6.61 Å². The van der Waals surface area contributed by atoms with E-state index in [1.54, 1.807) is 0 Å². The fourth-order valence-corrected chi connectivity index (χ4v) is 6.09. The largest absolute Gasteiger partial charge is 0.373 e. The van der Waals surface area contributed by atoms with Crippen LogP contribution in [0.3, 0.4) is 0 Å². The molecule has 2 saturated carbocycles. The minimum Gasteiger partial charge on any atom is -0.373 e. The lowest BCUT2D eigenvalue weighted by Crippen LogP contribution is -2.58. The summed E-state index contributed by atoms with van der Waals surface area (Å²) in [4.78, 5) is 12.2. The second kappa shape index (κ2) is 6.01. The highest BCUT2D eigenvalue weighted by molar-refractivity contribution is 5.76. The zero-order valence-electron chi connectivity index (χ0n) is 15.6. The van der Waals surface area contributed by atoms with Crippen molar-refractivity contribution in [3.63, 3.8) is 0 Å². The van der Waals surface area contributed by atoms with Gasteiger partial charge in [0.25, 0.3) is 0 Å². The number of rotatable bonds is 3. The van der Waals surface area contributed by atoms with Gasteiger partial charge in [0, 0.05) is 24.6 Å². The fourth-order valence-electron chi connectivity index (χ4n) is 6.09. The van der Waals surface area contributed by atoms with Crippen LogP contribution >= 0.6 is 0 Å². The molecule has 0 radical (unpaired) electrons. The van der Waals surface area contributed by atoms with Crippen LogP contribution in [-0.2, 0) is 9.53 Å². The Labute approximate surface area is 153 Å². The van der Waals surface area contributed by atoms with Gasteiger partial charge in [-0.1, -0.05) is 20.8 Å². The maximum atomic E-state index is 14.4. The number of halogens is 2. The quantitative estimate of drug-likeness (QED) is 0.866. The summed E-state index contributed by atoms with van der Waals surface area (Å²) in [7, 11) is 0. The van der Waals surface area contributed by atoms with Gasteiger partial charge in [-0.05, 0) is 60.1 Å². The van der Waals surface area contributed by atoms with Crippen LogP contribution in [0.5, 0.6) is 0 Å². The van der Waals surface area contributed by atoms with Gasteiger partial charge in [0.15, 0.2) is 0 Å². The number of amides is 1. The molecular weight excluding hydrogens is 336 g/mol. The van der Waals surface area contributed by atoms with Gasteiger partial charge >= 0.3 is 0 Å². The first-order valence-corrected chi connectivity index (χ1v) is 9.65. The highest BCUT2D eigenvalue weighted by Crippen LogP contribution is 2.70. The Morgan fingerprint density at radius 2 is 2.12 bits per heavy atom. The summed E-state index contributed by atoms with van der Waals surface area (Å²) in [5, 5.41) is 3.28. The normalized spacial score (nSPS) is 37.4. The van der Waals surface area contributed by atoms with Gasteiger partial charge in [0.2, 0.25) is 5.91 Å². The molecule has 3 nitrogen and oxygen atoms in total. The standard InChI is InChI=1S/C21H27F2NO2/c1-4-17(25)24-19-20(2,3)12-9-15-18(26-8-7-21(15,19)11-12)14-10-13(22)5-6-16(14)23/h5-6,10,12,15,18-19H,4,7-9,11H2,1-3H3,(H,24,25)/t12-,15-,18-,19+,21-/m1/s1. The number of carbonyl (C=O) groups is 1. The second-order valence-corrected chi connectivity index (χ2v) is 8.86. The molecule has 1 N–H and O–H groups in total.